The molecule has 1 fully saturated rings. The number of fused-ring (bicyclic) bond motifs is 1. The zero-order valence-corrected chi connectivity index (χ0v) is 8.26. The molecule has 16 heavy (non-hydrogen) atoms. The maximum atomic E-state index is 13.7. The number of terminal acetylenes is 1. The van der Waals surface area contributed by atoms with E-state index in [1.807, 2.05) is 0 Å². The molecule has 1 aromatic carbocycles. The maximum Gasteiger partial charge on any atom is 0.233 e. The molecular formula is C12H7F2NO. The Kier molecular flexibility index (Phi) is 1.65. The Balaban J connectivity index is 2.22. The lowest BCUT2D eigenvalue weighted by molar-refractivity contribution is 0.256. The van der Waals surface area contributed by atoms with Crippen molar-refractivity contribution in [3.8, 4) is 12.3 Å². The highest BCUT2D eigenvalue weighted by molar-refractivity contribution is 5.75. The van der Waals surface area contributed by atoms with E-state index in [0.29, 0.717) is 18.4 Å². The fourth-order valence-corrected chi connectivity index (χ4v) is 1.57. The molecule has 80 valence electrons. The van der Waals surface area contributed by atoms with Crippen LogP contribution in [-0.2, 0) is 5.67 Å². The Morgan fingerprint density at radius 3 is 2.81 bits per heavy atom. The summed E-state index contributed by atoms with van der Waals surface area (Å²) in [6, 6.07) is 2.54. The third-order valence-corrected chi connectivity index (χ3v) is 2.71. The molecule has 1 aliphatic carbocycles. The van der Waals surface area contributed by atoms with E-state index in [1.54, 1.807) is 0 Å². The predicted molar refractivity (Wildman–Crippen MR) is 53.9 cm³/mol. The van der Waals surface area contributed by atoms with Gasteiger partial charge in [0.05, 0.1) is 5.56 Å². The van der Waals surface area contributed by atoms with E-state index in [1.165, 1.54) is 6.07 Å². The second kappa shape index (κ2) is 2.82. The van der Waals surface area contributed by atoms with E-state index in [4.69, 9.17) is 10.8 Å². The van der Waals surface area contributed by atoms with Gasteiger partial charge in [-0.15, -0.1) is 6.42 Å². The molecule has 0 bridgehead atoms. The van der Waals surface area contributed by atoms with Crippen LogP contribution in [0.5, 0.6) is 0 Å². The summed E-state index contributed by atoms with van der Waals surface area (Å²) >= 11 is 0. The molecule has 1 aromatic heterocycles. The van der Waals surface area contributed by atoms with Crippen LogP contribution in [0.1, 0.15) is 24.3 Å². The molecule has 0 aliphatic heterocycles. The lowest BCUT2D eigenvalue weighted by atomic mass is 10.2. The van der Waals surface area contributed by atoms with Crippen molar-refractivity contribution in [2.24, 2.45) is 0 Å². The van der Waals surface area contributed by atoms with Crippen molar-refractivity contribution in [2.45, 2.75) is 18.5 Å². The summed E-state index contributed by atoms with van der Waals surface area (Å²) in [5.74, 6) is 1.67. The highest BCUT2D eigenvalue weighted by Gasteiger charge is 2.49. The number of benzene rings is 1. The van der Waals surface area contributed by atoms with Gasteiger partial charge in [0.15, 0.2) is 11.3 Å². The summed E-state index contributed by atoms with van der Waals surface area (Å²) in [5.41, 5.74) is -0.717. The monoisotopic (exact) mass is 219 g/mol. The van der Waals surface area contributed by atoms with E-state index in [-0.39, 0.29) is 17.0 Å². The number of nitrogens with zero attached hydrogens (tertiary/aromatic N) is 1. The first kappa shape index (κ1) is 9.34. The lowest BCUT2D eigenvalue weighted by Crippen LogP contribution is -1.96. The summed E-state index contributed by atoms with van der Waals surface area (Å²) in [4.78, 5) is 3.99. The molecule has 3 rings (SSSR count). The molecule has 2 aromatic rings. The van der Waals surface area contributed by atoms with Crippen molar-refractivity contribution in [3.63, 3.8) is 0 Å². The van der Waals surface area contributed by atoms with Gasteiger partial charge in [0.1, 0.15) is 11.3 Å². The highest BCUT2D eigenvalue weighted by Crippen LogP contribution is 2.49. The predicted octanol–water partition coefficient (Wildman–Crippen LogP) is 2.91. The zero-order valence-electron chi connectivity index (χ0n) is 8.26. The molecule has 0 N–H and O–H groups in total. The minimum absolute atomic E-state index is 0.0241. The quantitative estimate of drug-likeness (QED) is 0.689. The summed E-state index contributed by atoms with van der Waals surface area (Å²) in [7, 11) is 0. The van der Waals surface area contributed by atoms with Gasteiger partial charge in [-0.2, -0.15) is 0 Å². The van der Waals surface area contributed by atoms with Gasteiger partial charge >= 0.3 is 0 Å². The van der Waals surface area contributed by atoms with Crippen molar-refractivity contribution in [1.82, 2.24) is 4.98 Å². The Morgan fingerprint density at radius 1 is 1.44 bits per heavy atom. The molecule has 1 aliphatic rings. The van der Waals surface area contributed by atoms with Gasteiger partial charge in [0.2, 0.25) is 5.89 Å². The molecule has 2 nitrogen and oxygen atoms in total. The Morgan fingerprint density at radius 2 is 2.19 bits per heavy atom. The first-order chi connectivity index (χ1) is 7.62. The highest BCUT2D eigenvalue weighted by atomic mass is 19.1. The van der Waals surface area contributed by atoms with Crippen molar-refractivity contribution < 1.29 is 13.2 Å². The van der Waals surface area contributed by atoms with Crippen molar-refractivity contribution in [3.05, 3.63) is 29.4 Å². The molecule has 0 atom stereocenters. The number of hydrogen-bond acceptors (Lipinski definition) is 2. The van der Waals surface area contributed by atoms with Crippen LogP contribution in [-0.4, -0.2) is 4.98 Å². The van der Waals surface area contributed by atoms with Crippen molar-refractivity contribution >= 4 is 11.1 Å². The van der Waals surface area contributed by atoms with Crippen LogP contribution in [0.15, 0.2) is 16.5 Å². The molecular weight excluding hydrogens is 212 g/mol. The molecule has 1 heterocycles. The zero-order chi connectivity index (χ0) is 11.3. The van der Waals surface area contributed by atoms with Gasteiger partial charge in [0.25, 0.3) is 0 Å². The fourth-order valence-electron chi connectivity index (χ4n) is 1.57. The van der Waals surface area contributed by atoms with Gasteiger partial charge in [-0.3, -0.25) is 0 Å². The minimum Gasteiger partial charge on any atom is -0.437 e. The van der Waals surface area contributed by atoms with Crippen LogP contribution >= 0.6 is 0 Å². The number of hydrogen-bond donors (Lipinski definition) is 0. The minimum atomic E-state index is -1.45. The first-order valence-electron chi connectivity index (χ1n) is 4.88. The molecule has 4 heteroatoms. The van der Waals surface area contributed by atoms with E-state index < -0.39 is 11.5 Å². The van der Waals surface area contributed by atoms with Crippen LogP contribution in [0.3, 0.4) is 0 Å². The molecule has 1 saturated carbocycles. The van der Waals surface area contributed by atoms with Crippen molar-refractivity contribution in [2.75, 3.05) is 0 Å². The molecule has 0 unspecified atom stereocenters. The van der Waals surface area contributed by atoms with Gasteiger partial charge in [-0.1, -0.05) is 5.92 Å². The number of halogens is 2. The van der Waals surface area contributed by atoms with E-state index >= 15 is 0 Å². The van der Waals surface area contributed by atoms with Crippen LogP contribution in [0.4, 0.5) is 8.78 Å². The number of oxazole rings is 1. The summed E-state index contributed by atoms with van der Waals surface area (Å²) in [5, 5.41) is 0. The maximum absolute atomic E-state index is 13.7. The fraction of sp³-hybridized carbons (Fsp3) is 0.250. The number of aromatic nitrogens is 1. The smallest absolute Gasteiger partial charge is 0.233 e. The second-order valence-corrected chi connectivity index (χ2v) is 3.93. The molecule has 0 amide bonds. The lowest BCUT2D eigenvalue weighted by Gasteiger charge is -1.94. The Labute approximate surface area is 90.3 Å². The summed E-state index contributed by atoms with van der Waals surface area (Å²) in [6.07, 6.45) is 5.94. The Hall–Kier alpha value is -1.89. The third-order valence-electron chi connectivity index (χ3n) is 2.71. The van der Waals surface area contributed by atoms with Gasteiger partial charge in [0, 0.05) is 6.07 Å². The van der Waals surface area contributed by atoms with Gasteiger partial charge in [-0.05, 0) is 18.9 Å². The topological polar surface area (TPSA) is 26.0 Å². The van der Waals surface area contributed by atoms with Crippen LogP contribution < -0.4 is 0 Å². The van der Waals surface area contributed by atoms with Crippen LogP contribution in [0.25, 0.3) is 11.1 Å². The van der Waals surface area contributed by atoms with Crippen LogP contribution in [0, 0.1) is 18.2 Å². The van der Waals surface area contributed by atoms with Crippen molar-refractivity contribution in [1.29, 1.82) is 0 Å². The third kappa shape index (κ3) is 1.21. The second-order valence-electron chi connectivity index (χ2n) is 3.93. The van der Waals surface area contributed by atoms with E-state index in [0.717, 1.165) is 6.07 Å². The average molecular weight is 219 g/mol. The molecule has 0 radical (unpaired) electrons. The standard InChI is InChI=1S/C12H7F2NO/c1-2-7-5-9-10(6-8(7)13)16-11(15-9)12(14)3-4-12/h1,5-6H,3-4H2. The summed E-state index contributed by atoms with van der Waals surface area (Å²) < 4.78 is 32.2. The van der Waals surface area contributed by atoms with Crippen LogP contribution in [0.2, 0.25) is 0 Å². The average Bonchev–Trinajstić information content (AvgIpc) is 2.88. The normalized spacial score (nSPS) is 17.3. The SMILES string of the molecule is C#Cc1cc2nc(C3(F)CC3)oc2cc1F. The number of alkyl halides is 1. The van der Waals surface area contributed by atoms with Gasteiger partial charge < -0.3 is 4.42 Å². The largest absolute Gasteiger partial charge is 0.437 e. The van der Waals surface area contributed by atoms with E-state index in [9.17, 15) is 8.78 Å². The molecule has 0 saturated heterocycles. The first-order valence-corrected chi connectivity index (χ1v) is 4.88. The molecule has 0 spiro atoms. The van der Waals surface area contributed by atoms with E-state index in [2.05, 4.69) is 10.9 Å². The van der Waals surface area contributed by atoms with Gasteiger partial charge in [-0.25, -0.2) is 13.8 Å². The Bertz CT molecular complexity index is 620. The number of rotatable bonds is 1. The summed E-state index contributed by atoms with van der Waals surface area (Å²) in [6.45, 7) is 0.